The van der Waals surface area contributed by atoms with E-state index in [-0.39, 0.29) is 0 Å². The molecule has 0 atom stereocenters. The highest BCUT2D eigenvalue weighted by Crippen LogP contribution is 2.39. The Morgan fingerprint density at radius 1 is 0.500 bits per heavy atom. The van der Waals surface area contributed by atoms with Crippen molar-refractivity contribution >= 4 is 35.3 Å². The van der Waals surface area contributed by atoms with Crippen molar-refractivity contribution in [1.82, 2.24) is 0 Å². The van der Waals surface area contributed by atoms with Gasteiger partial charge in [0.05, 0.1) is 0 Å². The van der Waals surface area contributed by atoms with E-state index in [0.717, 1.165) is 0 Å². The minimum Gasteiger partial charge on any atom is -0.125 e. The van der Waals surface area contributed by atoms with Gasteiger partial charge < -0.3 is 0 Å². The molecule has 0 saturated carbocycles. The summed E-state index contributed by atoms with van der Waals surface area (Å²) in [6.45, 7) is 6.89. The molecule has 0 spiro atoms. The fraction of sp³-hybridized carbons (Fsp3) is 0.778. The maximum Gasteiger partial charge on any atom is 0.0345 e. The molecule has 0 aliphatic heterocycles. The molecular formula is C27H47S3. The molecule has 1 aromatic carbocycles. The molecule has 0 fully saturated rings. The van der Waals surface area contributed by atoms with Crippen molar-refractivity contribution in [3.8, 4) is 0 Å². The van der Waals surface area contributed by atoms with Gasteiger partial charge in [-0.25, -0.2) is 0 Å². The second-order valence-corrected chi connectivity index (χ2v) is 11.7. The van der Waals surface area contributed by atoms with Crippen molar-refractivity contribution in [3.05, 3.63) is 18.2 Å². The molecule has 0 nitrogen and oxygen atoms in total. The average Bonchev–Trinajstić information content (AvgIpc) is 2.76. The fourth-order valence-corrected chi connectivity index (χ4v) is 7.11. The maximum atomic E-state index is 3.46. The second-order valence-electron chi connectivity index (χ2n) is 8.30. The first-order valence-corrected chi connectivity index (χ1v) is 15.7. The Hall–Kier alpha value is 0.270. The molecule has 0 aromatic heterocycles. The van der Waals surface area contributed by atoms with E-state index in [1.165, 1.54) is 123 Å². The van der Waals surface area contributed by atoms with E-state index in [2.05, 4.69) is 74.3 Å². The summed E-state index contributed by atoms with van der Waals surface area (Å²) < 4.78 is 0. The Balaban J connectivity index is 2.55. The van der Waals surface area contributed by atoms with Crippen LogP contribution in [0.15, 0.2) is 26.8 Å². The van der Waals surface area contributed by atoms with Gasteiger partial charge in [0.15, 0.2) is 0 Å². The quantitative estimate of drug-likeness (QED) is 0.130. The first-order valence-electron chi connectivity index (χ1n) is 12.8. The lowest BCUT2D eigenvalue weighted by molar-refractivity contribution is 0.658. The van der Waals surface area contributed by atoms with E-state index in [1.54, 1.807) is 4.90 Å². The molecule has 3 heteroatoms. The van der Waals surface area contributed by atoms with Crippen LogP contribution < -0.4 is 0 Å². The zero-order chi connectivity index (χ0) is 21.7. The van der Waals surface area contributed by atoms with Crippen molar-refractivity contribution in [2.45, 2.75) is 132 Å². The Labute approximate surface area is 201 Å². The zero-order valence-corrected chi connectivity index (χ0v) is 22.6. The predicted molar refractivity (Wildman–Crippen MR) is 144 cm³/mol. The molecule has 0 saturated heterocycles. The van der Waals surface area contributed by atoms with E-state index in [4.69, 9.17) is 0 Å². The molecule has 173 valence electrons. The summed E-state index contributed by atoms with van der Waals surface area (Å²) in [7, 11) is 0. The first-order chi connectivity index (χ1) is 14.8. The third-order valence-corrected chi connectivity index (χ3v) is 9.11. The molecule has 0 heterocycles. The van der Waals surface area contributed by atoms with Gasteiger partial charge in [0.1, 0.15) is 0 Å². The summed E-state index contributed by atoms with van der Waals surface area (Å²) in [6, 6.07) is 7.96. The van der Waals surface area contributed by atoms with Crippen LogP contribution in [0.2, 0.25) is 0 Å². The SMILES string of the molecule is CCCCCCCSc1c[c]cc(SCCCCCCC)c1SCCCCCCC. The summed E-state index contributed by atoms with van der Waals surface area (Å²) in [5.74, 6) is 3.78. The molecule has 1 rings (SSSR count). The van der Waals surface area contributed by atoms with Crippen LogP contribution in [0.3, 0.4) is 0 Å². The van der Waals surface area contributed by atoms with Crippen LogP contribution in [-0.4, -0.2) is 17.3 Å². The van der Waals surface area contributed by atoms with Crippen LogP contribution in [0.25, 0.3) is 0 Å². The van der Waals surface area contributed by atoms with Gasteiger partial charge in [-0.15, -0.1) is 35.3 Å². The van der Waals surface area contributed by atoms with Crippen LogP contribution in [0.1, 0.15) is 117 Å². The Morgan fingerprint density at radius 3 is 1.27 bits per heavy atom. The van der Waals surface area contributed by atoms with Gasteiger partial charge in [0, 0.05) is 14.7 Å². The van der Waals surface area contributed by atoms with Crippen molar-refractivity contribution < 1.29 is 0 Å². The van der Waals surface area contributed by atoms with Gasteiger partial charge in [0.2, 0.25) is 0 Å². The maximum absolute atomic E-state index is 3.46. The zero-order valence-electron chi connectivity index (χ0n) is 20.1. The number of hydrogen-bond donors (Lipinski definition) is 0. The number of thioether (sulfide) groups is 3. The summed E-state index contributed by atoms with van der Waals surface area (Å²) in [5.41, 5.74) is 0. The van der Waals surface area contributed by atoms with E-state index in [1.807, 2.05) is 0 Å². The fourth-order valence-electron chi connectivity index (χ4n) is 3.46. The molecule has 0 aliphatic carbocycles. The molecular weight excluding hydrogens is 420 g/mol. The first kappa shape index (κ1) is 28.3. The van der Waals surface area contributed by atoms with E-state index in [9.17, 15) is 0 Å². The van der Waals surface area contributed by atoms with Gasteiger partial charge in [-0.05, 0) is 54.7 Å². The second kappa shape index (κ2) is 21.1. The third-order valence-electron chi connectivity index (χ3n) is 5.38. The molecule has 0 unspecified atom stereocenters. The Kier molecular flexibility index (Phi) is 19.9. The molecule has 0 amide bonds. The molecule has 1 radical (unpaired) electrons. The van der Waals surface area contributed by atoms with Gasteiger partial charge >= 0.3 is 0 Å². The van der Waals surface area contributed by atoms with E-state index >= 15 is 0 Å². The minimum atomic E-state index is 1.26. The molecule has 0 bridgehead atoms. The predicted octanol–water partition coefficient (Wildman–Crippen LogP) is 10.7. The van der Waals surface area contributed by atoms with Crippen LogP contribution in [0.5, 0.6) is 0 Å². The summed E-state index contributed by atoms with van der Waals surface area (Å²) in [6.07, 6.45) is 20.6. The highest BCUT2D eigenvalue weighted by molar-refractivity contribution is 8.03. The standard InChI is InChI=1S/C27H47S3/c1-4-7-10-13-16-22-28-25-20-19-21-26(29-23-17-14-11-8-5-2)27(25)30-24-18-15-12-9-6-3/h20-21H,4-18,22-24H2,1-3H3. The van der Waals surface area contributed by atoms with Crippen LogP contribution in [0.4, 0.5) is 0 Å². The Morgan fingerprint density at radius 2 is 0.867 bits per heavy atom. The van der Waals surface area contributed by atoms with Crippen molar-refractivity contribution in [2.24, 2.45) is 0 Å². The number of hydrogen-bond acceptors (Lipinski definition) is 3. The lowest BCUT2D eigenvalue weighted by atomic mass is 10.2. The lowest BCUT2D eigenvalue weighted by Crippen LogP contribution is -1.91. The van der Waals surface area contributed by atoms with Crippen LogP contribution in [-0.2, 0) is 0 Å². The molecule has 0 N–H and O–H groups in total. The van der Waals surface area contributed by atoms with Crippen molar-refractivity contribution in [3.63, 3.8) is 0 Å². The van der Waals surface area contributed by atoms with Gasteiger partial charge in [0.25, 0.3) is 0 Å². The van der Waals surface area contributed by atoms with Crippen molar-refractivity contribution in [1.29, 1.82) is 0 Å². The van der Waals surface area contributed by atoms with E-state index < -0.39 is 0 Å². The number of rotatable bonds is 21. The highest BCUT2D eigenvalue weighted by atomic mass is 32.2. The lowest BCUT2D eigenvalue weighted by Gasteiger charge is -2.14. The van der Waals surface area contributed by atoms with Crippen LogP contribution >= 0.6 is 35.3 Å². The smallest absolute Gasteiger partial charge is 0.0345 e. The van der Waals surface area contributed by atoms with Gasteiger partial charge in [-0.2, -0.15) is 0 Å². The van der Waals surface area contributed by atoms with Crippen molar-refractivity contribution in [2.75, 3.05) is 17.3 Å². The van der Waals surface area contributed by atoms with Crippen LogP contribution in [0, 0.1) is 6.07 Å². The molecule has 0 aliphatic rings. The third kappa shape index (κ3) is 14.4. The summed E-state index contributed by atoms with van der Waals surface area (Å²) >= 11 is 6.27. The molecule has 1 aromatic rings. The number of unbranched alkanes of at least 4 members (excludes halogenated alkanes) is 12. The van der Waals surface area contributed by atoms with Gasteiger partial charge in [-0.1, -0.05) is 97.8 Å². The van der Waals surface area contributed by atoms with Gasteiger partial charge in [-0.3, -0.25) is 0 Å². The topological polar surface area (TPSA) is 0 Å². The Bertz CT molecular complexity index is 467. The normalized spacial score (nSPS) is 11.3. The summed E-state index contributed by atoms with van der Waals surface area (Å²) in [5, 5.41) is 0. The highest BCUT2D eigenvalue weighted by Gasteiger charge is 2.11. The van der Waals surface area contributed by atoms with E-state index in [0.29, 0.717) is 0 Å². The number of benzene rings is 1. The monoisotopic (exact) mass is 467 g/mol. The average molecular weight is 468 g/mol. The summed E-state index contributed by atoms with van der Waals surface area (Å²) in [4.78, 5) is 4.53. The molecule has 30 heavy (non-hydrogen) atoms. The largest absolute Gasteiger partial charge is 0.125 e. The minimum absolute atomic E-state index is 1.26.